The molecule has 24 heavy (non-hydrogen) atoms. The van der Waals surface area contributed by atoms with Gasteiger partial charge in [-0.25, -0.2) is 0 Å². The third-order valence-corrected chi connectivity index (χ3v) is 3.37. The predicted molar refractivity (Wildman–Crippen MR) is 91.5 cm³/mol. The lowest BCUT2D eigenvalue weighted by Gasteiger charge is -2.12. The summed E-state index contributed by atoms with van der Waals surface area (Å²) in [4.78, 5) is 23.4. The third-order valence-electron chi connectivity index (χ3n) is 3.37. The number of benzene rings is 2. The summed E-state index contributed by atoms with van der Waals surface area (Å²) in [6.45, 7) is 1.71. The van der Waals surface area contributed by atoms with E-state index in [2.05, 4.69) is 10.6 Å². The molecule has 0 heterocycles. The number of carbonyl (C=O) groups excluding carboxylic acids is 2. The largest absolute Gasteiger partial charge is 0.497 e. The van der Waals surface area contributed by atoms with Gasteiger partial charge >= 0.3 is 0 Å². The van der Waals surface area contributed by atoms with Crippen LogP contribution in [-0.2, 0) is 11.3 Å². The second-order valence-electron chi connectivity index (χ2n) is 5.12. The Morgan fingerprint density at radius 3 is 2.50 bits per heavy atom. The molecule has 2 amide bonds. The molecule has 0 aliphatic heterocycles. The lowest BCUT2D eigenvalue weighted by molar-refractivity contribution is -0.114. The first-order valence-corrected chi connectivity index (χ1v) is 7.40. The van der Waals surface area contributed by atoms with Crippen molar-refractivity contribution in [3.05, 3.63) is 53.6 Å². The van der Waals surface area contributed by atoms with E-state index in [0.29, 0.717) is 22.7 Å². The van der Waals surface area contributed by atoms with Crippen LogP contribution in [0.5, 0.6) is 11.5 Å². The van der Waals surface area contributed by atoms with E-state index in [-0.39, 0.29) is 18.4 Å². The maximum atomic E-state index is 12.3. The van der Waals surface area contributed by atoms with Crippen LogP contribution in [0.25, 0.3) is 0 Å². The van der Waals surface area contributed by atoms with Gasteiger partial charge in [0.15, 0.2) is 0 Å². The molecule has 2 aromatic rings. The fraction of sp³-hybridized carbons (Fsp3) is 0.222. The van der Waals surface area contributed by atoms with Crippen molar-refractivity contribution >= 4 is 17.5 Å². The lowest BCUT2D eigenvalue weighted by Crippen LogP contribution is -2.23. The van der Waals surface area contributed by atoms with Crippen LogP contribution in [0.2, 0.25) is 0 Å². The topological polar surface area (TPSA) is 76.7 Å². The zero-order valence-corrected chi connectivity index (χ0v) is 13.9. The van der Waals surface area contributed by atoms with Gasteiger partial charge in [-0.2, -0.15) is 0 Å². The lowest BCUT2D eigenvalue weighted by atomic mass is 10.1. The maximum absolute atomic E-state index is 12.3. The Morgan fingerprint density at radius 1 is 1.04 bits per heavy atom. The second-order valence-corrected chi connectivity index (χ2v) is 5.12. The highest BCUT2D eigenvalue weighted by atomic mass is 16.5. The van der Waals surface area contributed by atoms with Crippen LogP contribution >= 0.6 is 0 Å². The first-order chi connectivity index (χ1) is 11.5. The summed E-state index contributed by atoms with van der Waals surface area (Å²) >= 11 is 0. The molecule has 0 aliphatic rings. The van der Waals surface area contributed by atoms with E-state index >= 15 is 0 Å². The van der Waals surface area contributed by atoms with Crippen molar-refractivity contribution in [3.63, 3.8) is 0 Å². The molecule has 6 heteroatoms. The predicted octanol–water partition coefficient (Wildman–Crippen LogP) is 2.59. The molecule has 0 fully saturated rings. The molecule has 6 nitrogen and oxygen atoms in total. The highest BCUT2D eigenvalue weighted by Gasteiger charge is 2.10. The van der Waals surface area contributed by atoms with Gasteiger partial charge in [-0.1, -0.05) is 6.07 Å². The van der Waals surface area contributed by atoms with Gasteiger partial charge in [0.1, 0.15) is 11.5 Å². The number of methoxy groups -OCH3 is 2. The van der Waals surface area contributed by atoms with E-state index < -0.39 is 0 Å². The Labute approximate surface area is 140 Å². The number of nitrogens with one attached hydrogen (secondary N) is 2. The molecule has 2 rings (SSSR count). The van der Waals surface area contributed by atoms with E-state index in [1.165, 1.54) is 6.92 Å². The number of ether oxygens (including phenoxy) is 2. The maximum Gasteiger partial charge on any atom is 0.251 e. The van der Waals surface area contributed by atoms with E-state index in [1.807, 2.05) is 0 Å². The van der Waals surface area contributed by atoms with Crippen molar-refractivity contribution in [1.29, 1.82) is 0 Å². The average Bonchev–Trinajstić information content (AvgIpc) is 2.59. The van der Waals surface area contributed by atoms with Crippen molar-refractivity contribution in [2.45, 2.75) is 13.5 Å². The molecule has 0 saturated carbocycles. The normalized spacial score (nSPS) is 9.96. The molecule has 2 aromatic carbocycles. The van der Waals surface area contributed by atoms with Gasteiger partial charge in [0.2, 0.25) is 5.91 Å². The van der Waals surface area contributed by atoms with Crippen LogP contribution in [-0.4, -0.2) is 26.0 Å². The number of rotatable bonds is 6. The summed E-state index contributed by atoms with van der Waals surface area (Å²) in [6.07, 6.45) is 0. The highest BCUT2D eigenvalue weighted by molar-refractivity contribution is 5.94. The van der Waals surface area contributed by atoms with Crippen LogP contribution in [0.4, 0.5) is 5.69 Å². The van der Waals surface area contributed by atoms with Gasteiger partial charge in [-0.05, 0) is 36.4 Å². The first kappa shape index (κ1) is 17.3. The van der Waals surface area contributed by atoms with Gasteiger partial charge in [0.05, 0.1) is 14.2 Å². The van der Waals surface area contributed by atoms with E-state index in [0.717, 1.165) is 5.56 Å². The van der Waals surface area contributed by atoms with Crippen molar-refractivity contribution in [1.82, 2.24) is 5.32 Å². The van der Waals surface area contributed by atoms with Crippen LogP contribution in [0.3, 0.4) is 0 Å². The molecule has 0 aliphatic carbocycles. The Morgan fingerprint density at radius 2 is 1.83 bits per heavy atom. The minimum Gasteiger partial charge on any atom is -0.497 e. The Balaban J connectivity index is 2.11. The molecule has 0 radical (unpaired) electrons. The summed E-state index contributed by atoms with van der Waals surface area (Å²) in [5, 5.41) is 5.54. The standard InChI is InChI=1S/C18H20N2O4/c1-12(21)20-15-7-8-17(24-3)14(9-15)11-19-18(22)13-5-4-6-16(10-13)23-2/h4-10H,11H2,1-3H3,(H,19,22)(H,20,21). The first-order valence-electron chi connectivity index (χ1n) is 7.40. The number of anilines is 1. The summed E-state index contributed by atoms with van der Waals surface area (Å²) in [6, 6.07) is 12.2. The van der Waals surface area contributed by atoms with Crippen molar-refractivity contribution in [2.24, 2.45) is 0 Å². The Bertz CT molecular complexity index is 744. The van der Waals surface area contributed by atoms with Gasteiger partial charge < -0.3 is 20.1 Å². The number of hydrogen-bond donors (Lipinski definition) is 2. The van der Waals surface area contributed by atoms with Crippen LogP contribution < -0.4 is 20.1 Å². The van der Waals surface area contributed by atoms with Crippen LogP contribution in [0.15, 0.2) is 42.5 Å². The molecule has 2 N–H and O–H groups in total. The van der Waals surface area contributed by atoms with Crippen LogP contribution in [0.1, 0.15) is 22.8 Å². The van der Waals surface area contributed by atoms with E-state index in [9.17, 15) is 9.59 Å². The van der Waals surface area contributed by atoms with Gasteiger partial charge in [-0.3, -0.25) is 9.59 Å². The third kappa shape index (κ3) is 4.49. The van der Waals surface area contributed by atoms with Gasteiger partial charge in [-0.15, -0.1) is 0 Å². The fourth-order valence-electron chi connectivity index (χ4n) is 2.24. The molecule has 126 valence electrons. The quantitative estimate of drug-likeness (QED) is 0.854. The Hall–Kier alpha value is -3.02. The second kappa shape index (κ2) is 8.01. The molecular formula is C18H20N2O4. The highest BCUT2D eigenvalue weighted by Crippen LogP contribution is 2.23. The SMILES string of the molecule is COc1cccc(C(=O)NCc2cc(NC(C)=O)ccc2OC)c1. The van der Waals surface area contributed by atoms with E-state index in [1.54, 1.807) is 56.7 Å². The number of carbonyl (C=O) groups is 2. The monoisotopic (exact) mass is 328 g/mol. The summed E-state index contributed by atoms with van der Waals surface area (Å²) in [7, 11) is 3.11. The zero-order chi connectivity index (χ0) is 17.5. The molecule has 0 aromatic heterocycles. The summed E-state index contributed by atoms with van der Waals surface area (Å²) in [5.41, 5.74) is 1.92. The smallest absolute Gasteiger partial charge is 0.251 e. The summed E-state index contributed by atoms with van der Waals surface area (Å²) < 4.78 is 10.4. The molecule has 0 bridgehead atoms. The van der Waals surface area contributed by atoms with Crippen molar-refractivity contribution in [2.75, 3.05) is 19.5 Å². The minimum absolute atomic E-state index is 0.161. The van der Waals surface area contributed by atoms with Gasteiger partial charge in [0.25, 0.3) is 5.91 Å². The number of hydrogen-bond acceptors (Lipinski definition) is 4. The van der Waals surface area contributed by atoms with Gasteiger partial charge in [0, 0.05) is 30.3 Å². The fourth-order valence-corrected chi connectivity index (χ4v) is 2.24. The minimum atomic E-state index is -0.221. The number of amides is 2. The zero-order valence-electron chi connectivity index (χ0n) is 13.9. The molecule has 0 spiro atoms. The molecule has 0 unspecified atom stereocenters. The average molecular weight is 328 g/mol. The molecule has 0 atom stereocenters. The van der Waals surface area contributed by atoms with E-state index in [4.69, 9.17) is 9.47 Å². The molecular weight excluding hydrogens is 308 g/mol. The Kier molecular flexibility index (Phi) is 5.78. The summed E-state index contributed by atoms with van der Waals surface area (Å²) in [5.74, 6) is 0.871. The molecule has 0 saturated heterocycles. The van der Waals surface area contributed by atoms with Crippen molar-refractivity contribution < 1.29 is 19.1 Å². The van der Waals surface area contributed by atoms with Crippen LogP contribution in [0, 0.1) is 0 Å². The van der Waals surface area contributed by atoms with Crippen molar-refractivity contribution in [3.8, 4) is 11.5 Å².